The van der Waals surface area contributed by atoms with Gasteiger partial charge < -0.3 is 15.0 Å². The highest BCUT2D eigenvalue weighted by Gasteiger charge is 2.49. The molecule has 1 aromatic heterocycles. The van der Waals surface area contributed by atoms with Crippen molar-refractivity contribution in [3.05, 3.63) is 66.4 Å². The van der Waals surface area contributed by atoms with Crippen LogP contribution in [0.2, 0.25) is 0 Å². The minimum atomic E-state index is -1.10. The van der Waals surface area contributed by atoms with Crippen LogP contribution in [0.5, 0.6) is 5.75 Å². The Kier molecular flexibility index (Phi) is 5.38. The molecule has 0 radical (unpaired) electrons. The Morgan fingerprint density at radius 1 is 1.00 bits per heavy atom. The third-order valence-corrected chi connectivity index (χ3v) is 6.59. The van der Waals surface area contributed by atoms with Crippen molar-refractivity contribution in [1.82, 2.24) is 20.1 Å². The number of imide groups is 1. The number of fused-ring (bicyclic) bond motifs is 1. The van der Waals surface area contributed by atoms with E-state index in [0.717, 1.165) is 54.1 Å². The van der Waals surface area contributed by atoms with Crippen molar-refractivity contribution < 1.29 is 14.3 Å². The van der Waals surface area contributed by atoms with E-state index in [9.17, 15) is 9.59 Å². The van der Waals surface area contributed by atoms with Crippen molar-refractivity contribution in [3.63, 3.8) is 0 Å². The highest BCUT2D eigenvalue weighted by Crippen LogP contribution is 2.32. The van der Waals surface area contributed by atoms with E-state index in [1.807, 2.05) is 54.6 Å². The third kappa shape index (κ3) is 3.87. The SMILES string of the molecule is COc1ccc2cc([C@]3(C)NC(=O)N(CN4CCN(c5ccccn5)CC4)C3=O)ccc2c1. The van der Waals surface area contributed by atoms with Gasteiger partial charge in [0.15, 0.2) is 0 Å². The fourth-order valence-corrected chi connectivity index (χ4v) is 4.54. The Morgan fingerprint density at radius 3 is 2.48 bits per heavy atom. The van der Waals surface area contributed by atoms with Crippen LogP contribution >= 0.6 is 0 Å². The predicted octanol–water partition coefficient (Wildman–Crippen LogP) is 2.79. The number of hydrogen-bond donors (Lipinski definition) is 1. The molecule has 1 atom stereocenters. The number of carbonyl (C=O) groups is 2. The van der Waals surface area contributed by atoms with Crippen LogP contribution in [-0.4, -0.2) is 66.7 Å². The molecule has 33 heavy (non-hydrogen) atoms. The monoisotopic (exact) mass is 445 g/mol. The maximum absolute atomic E-state index is 13.4. The van der Waals surface area contributed by atoms with Crippen LogP contribution < -0.4 is 15.0 Å². The van der Waals surface area contributed by atoms with E-state index in [1.165, 1.54) is 4.90 Å². The van der Waals surface area contributed by atoms with Gasteiger partial charge >= 0.3 is 6.03 Å². The van der Waals surface area contributed by atoms with Gasteiger partial charge in [0, 0.05) is 32.4 Å². The molecular weight excluding hydrogens is 418 g/mol. The van der Waals surface area contributed by atoms with E-state index in [4.69, 9.17) is 4.74 Å². The van der Waals surface area contributed by atoms with Crippen molar-refractivity contribution in [2.45, 2.75) is 12.5 Å². The first-order valence-corrected chi connectivity index (χ1v) is 11.1. The van der Waals surface area contributed by atoms with Crippen LogP contribution in [0.3, 0.4) is 0 Å². The number of anilines is 1. The standard InChI is InChI=1S/C25H27N5O3/c1-25(20-8-6-19-16-21(33-2)9-7-18(19)15-20)23(31)30(24(32)27-25)17-28-11-13-29(14-12-28)22-5-3-4-10-26-22/h3-10,15-16H,11-14,17H2,1-2H3,(H,27,32)/t25-/m0/s1. The molecule has 0 bridgehead atoms. The molecule has 3 amide bonds. The molecule has 8 nitrogen and oxygen atoms in total. The fourth-order valence-electron chi connectivity index (χ4n) is 4.54. The summed E-state index contributed by atoms with van der Waals surface area (Å²) < 4.78 is 5.29. The normalized spacial score (nSPS) is 21.5. The number of carbonyl (C=O) groups excluding carboxylic acids is 2. The van der Waals surface area contributed by atoms with E-state index < -0.39 is 5.54 Å². The number of piperazine rings is 1. The Hall–Kier alpha value is -3.65. The number of urea groups is 1. The van der Waals surface area contributed by atoms with Gasteiger partial charge in [0.2, 0.25) is 0 Å². The second-order valence-electron chi connectivity index (χ2n) is 8.65. The van der Waals surface area contributed by atoms with E-state index >= 15 is 0 Å². The van der Waals surface area contributed by atoms with Gasteiger partial charge in [-0.15, -0.1) is 0 Å². The van der Waals surface area contributed by atoms with Gasteiger partial charge in [0.1, 0.15) is 17.1 Å². The van der Waals surface area contributed by atoms with Crippen LogP contribution in [0, 0.1) is 0 Å². The molecule has 0 spiro atoms. The van der Waals surface area contributed by atoms with Crippen LogP contribution in [-0.2, 0) is 10.3 Å². The number of methoxy groups -OCH3 is 1. The lowest BCUT2D eigenvalue weighted by Gasteiger charge is -2.36. The number of pyridine rings is 1. The molecule has 3 aromatic rings. The first-order valence-electron chi connectivity index (χ1n) is 11.1. The van der Waals surface area contributed by atoms with E-state index in [-0.39, 0.29) is 18.6 Å². The zero-order valence-corrected chi connectivity index (χ0v) is 18.8. The predicted molar refractivity (Wildman–Crippen MR) is 126 cm³/mol. The average molecular weight is 446 g/mol. The first kappa shape index (κ1) is 21.2. The number of hydrogen-bond acceptors (Lipinski definition) is 6. The highest BCUT2D eigenvalue weighted by atomic mass is 16.5. The maximum atomic E-state index is 13.4. The summed E-state index contributed by atoms with van der Waals surface area (Å²) in [7, 11) is 1.64. The minimum absolute atomic E-state index is 0.229. The summed E-state index contributed by atoms with van der Waals surface area (Å²) in [6.07, 6.45) is 1.79. The molecule has 2 fully saturated rings. The topological polar surface area (TPSA) is 78.0 Å². The van der Waals surface area contributed by atoms with Crippen LogP contribution in [0.15, 0.2) is 60.8 Å². The summed E-state index contributed by atoms with van der Waals surface area (Å²) in [5.41, 5.74) is -0.331. The smallest absolute Gasteiger partial charge is 0.326 e. The molecule has 2 aliphatic rings. The summed E-state index contributed by atoms with van der Waals surface area (Å²) in [4.78, 5) is 36.3. The van der Waals surface area contributed by atoms with Gasteiger partial charge in [0.05, 0.1) is 13.8 Å². The fraction of sp³-hybridized carbons (Fsp3) is 0.320. The van der Waals surface area contributed by atoms with Crippen molar-refractivity contribution in [2.75, 3.05) is 44.9 Å². The van der Waals surface area contributed by atoms with Crippen molar-refractivity contribution in [2.24, 2.45) is 0 Å². The molecule has 2 aromatic carbocycles. The molecular formula is C25H27N5O3. The molecule has 2 aliphatic heterocycles. The van der Waals surface area contributed by atoms with Crippen LogP contribution in [0.25, 0.3) is 10.8 Å². The highest BCUT2D eigenvalue weighted by molar-refractivity contribution is 6.07. The van der Waals surface area contributed by atoms with Gasteiger partial charge in [-0.1, -0.05) is 24.3 Å². The molecule has 170 valence electrons. The molecule has 0 aliphatic carbocycles. The lowest BCUT2D eigenvalue weighted by Crippen LogP contribution is -2.51. The largest absolute Gasteiger partial charge is 0.497 e. The van der Waals surface area contributed by atoms with Gasteiger partial charge in [-0.05, 0) is 53.6 Å². The van der Waals surface area contributed by atoms with E-state index in [1.54, 1.807) is 20.2 Å². The number of amides is 3. The van der Waals surface area contributed by atoms with Gasteiger partial charge in [-0.25, -0.2) is 14.7 Å². The Balaban J connectivity index is 1.29. The molecule has 0 saturated carbocycles. The number of rotatable bonds is 5. The molecule has 5 rings (SSSR count). The zero-order chi connectivity index (χ0) is 23.0. The lowest BCUT2D eigenvalue weighted by molar-refractivity contribution is -0.132. The summed E-state index contributed by atoms with van der Waals surface area (Å²) in [6.45, 7) is 5.15. The Labute approximate surface area is 192 Å². The first-order chi connectivity index (χ1) is 16.0. The lowest BCUT2D eigenvalue weighted by atomic mass is 9.90. The van der Waals surface area contributed by atoms with Gasteiger partial charge in [-0.3, -0.25) is 9.69 Å². The maximum Gasteiger partial charge on any atom is 0.326 e. The summed E-state index contributed by atoms with van der Waals surface area (Å²) in [5.74, 6) is 1.50. The van der Waals surface area contributed by atoms with Crippen molar-refractivity contribution in [3.8, 4) is 5.75 Å². The number of nitrogens with zero attached hydrogens (tertiary/aromatic N) is 4. The quantitative estimate of drug-likeness (QED) is 0.609. The van der Waals surface area contributed by atoms with E-state index in [2.05, 4.69) is 20.1 Å². The van der Waals surface area contributed by atoms with Crippen LogP contribution in [0.4, 0.5) is 10.6 Å². The van der Waals surface area contributed by atoms with Crippen molar-refractivity contribution >= 4 is 28.5 Å². The van der Waals surface area contributed by atoms with E-state index in [0.29, 0.717) is 0 Å². The zero-order valence-electron chi connectivity index (χ0n) is 18.8. The molecule has 1 N–H and O–H groups in total. The van der Waals surface area contributed by atoms with Gasteiger partial charge in [0.25, 0.3) is 5.91 Å². The number of ether oxygens (including phenoxy) is 1. The Bertz CT molecular complexity index is 1190. The molecule has 2 saturated heterocycles. The summed E-state index contributed by atoms with van der Waals surface area (Å²) in [6, 6.07) is 17.1. The molecule has 8 heteroatoms. The molecule has 0 unspecified atom stereocenters. The average Bonchev–Trinajstić information content (AvgIpc) is 3.08. The molecule has 3 heterocycles. The van der Waals surface area contributed by atoms with Crippen molar-refractivity contribution in [1.29, 1.82) is 0 Å². The minimum Gasteiger partial charge on any atom is -0.497 e. The number of nitrogens with one attached hydrogen (secondary N) is 1. The number of aromatic nitrogens is 1. The summed E-state index contributed by atoms with van der Waals surface area (Å²) >= 11 is 0. The van der Waals surface area contributed by atoms with Gasteiger partial charge in [-0.2, -0.15) is 0 Å². The number of benzene rings is 2. The summed E-state index contributed by atoms with van der Waals surface area (Å²) in [5, 5.41) is 4.93. The third-order valence-electron chi connectivity index (χ3n) is 6.59. The second kappa shape index (κ2) is 8.37. The van der Waals surface area contributed by atoms with Crippen LogP contribution in [0.1, 0.15) is 12.5 Å². The Morgan fingerprint density at radius 2 is 1.76 bits per heavy atom. The second-order valence-corrected chi connectivity index (χ2v) is 8.65.